The van der Waals surface area contributed by atoms with Crippen molar-refractivity contribution in [2.45, 2.75) is 32.6 Å². The molecule has 1 aliphatic carbocycles. The highest BCUT2D eigenvalue weighted by Crippen LogP contribution is 2.25. The highest BCUT2D eigenvalue weighted by Gasteiger charge is 2.17. The van der Waals surface area contributed by atoms with Gasteiger partial charge in [-0.1, -0.05) is 23.7 Å². The summed E-state index contributed by atoms with van der Waals surface area (Å²) >= 11 is 5.85. The van der Waals surface area contributed by atoms with Crippen molar-refractivity contribution in [2.24, 2.45) is 0 Å². The Balaban J connectivity index is 2.33. The van der Waals surface area contributed by atoms with Crippen LogP contribution in [-0.4, -0.2) is 9.55 Å². The SMILES string of the molecule is Cc1c(Cl)[nH]c(=O)n(-c2cccc3c2CCCC3)c1=O. The number of fused-ring (bicyclic) bond motifs is 1. The number of benzene rings is 1. The van der Waals surface area contributed by atoms with Gasteiger partial charge in [-0.3, -0.25) is 9.78 Å². The largest absolute Gasteiger partial charge is 0.334 e. The summed E-state index contributed by atoms with van der Waals surface area (Å²) in [6, 6.07) is 5.80. The first kappa shape index (κ1) is 13.2. The molecule has 0 saturated heterocycles. The van der Waals surface area contributed by atoms with Gasteiger partial charge in [0.15, 0.2) is 0 Å². The van der Waals surface area contributed by atoms with E-state index in [0.717, 1.165) is 31.2 Å². The van der Waals surface area contributed by atoms with Gasteiger partial charge in [-0.2, -0.15) is 0 Å². The third-order valence-corrected chi connectivity index (χ3v) is 4.26. The average molecular weight is 291 g/mol. The molecule has 0 unspecified atom stereocenters. The van der Waals surface area contributed by atoms with Crippen LogP contribution in [0.3, 0.4) is 0 Å². The second kappa shape index (κ2) is 4.94. The Kier molecular flexibility index (Phi) is 3.26. The molecular weight excluding hydrogens is 276 g/mol. The molecule has 0 fully saturated rings. The number of aromatic nitrogens is 2. The highest BCUT2D eigenvalue weighted by atomic mass is 35.5. The Morgan fingerprint density at radius 1 is 1.20 bits per heavy atom. The molecule has 0 spiro atoms. The minimum atomic E-state index is -0.482. The van der Waals surface area contributed by atoms with Crippen LogP contribution >= 0.6 is 11.6 Å². The van der Waals surface area contributed by atoms with E-state index in [1.54, 1.807) is 6.92 Å². The van der Waals surface area contributed by atoms with Crippen molar-refractivity contribution in [3.63, 3.8) is 0 Å². The number of nitrogens with one attached hydrogen (secondary N) is 1. The smallest absolute Gasteiger partial charge is 0.297 e. The van der Waals surface area contributed by atoms with Gasteiger partial charge in [0.2, 0.25) is 0 Å². The Bertz CT molecular complexity index is 789. The van der Waals surface area contributed by atoms with Gasteiger partial charge in [0.25, 0.3) is 5.56 Å². The molecule has 0 saturated carbocycles. The number of hydrogen-bond donors (Lipinski definition) is 1. The van der Waals surface area contributed by atoms with E-state index < -0.39 is 5.69 Å². The van der Waals surface area contributed by atoms with Crippen molar-refractivity contribution in [1.82, 2.24) is 9.55 Å². The molecule has 1 aromatic carbocycles. The molecule has 0 radical (unpaired) electrons. The Hall–Kier alpha value is -1.81. The van der Waals surface area contributed by atoms with Crippen LogP contribution in [0.1, 0.15) is 29.5 Å². The van der Waals surface area contributed by atoms with Crippen molar-refractivity contribution in [2.75, 3.05) is 0 Å². The summed E-state index contributed by atoms with van der Waals surface area (Å²) < 4.78 is 1.20. The van der Waals surface area contributed by atoms with Crippen LogP contribution in [0.5, 0.6) is 0 Å². The van der Waals surface area contributed by atoms with Crippen molar-refractivity contribution in [3.8, 4) is 5.69 Å². The van der Waals surface area contributed by atoms with Crippen LogP contribution in [0.15, 0.2) is 27.8 Å². The first-order valence-corrected chi connectivity index (χ1v) is 7.10. The molecule has 0 bridgehead atoms. The fraction of sp³-hybridized carbons (Fsp3) is 0.333. The molecular formula is C15H15ClN2O2. The van der Waals surface area contributed by atoms with Gasteiger partial charge in [0, 0.05) is 0 Å². The topological polar surface area (TPSA) is 54.9 Å². The molecule has 4 nitrogen and oxygen atoms in total. The summed E-state index contributed by atoms with van der Waals surface area (Å²) in [5.41, 5.74) is 2.55. The standard InChI is InChI=1S/C15H15ClN2O2/c1-9-13(16)17-15(20)18(14(9)19)12-8-4-6-10-5-2-3-7-11(10)12/h4,6,8H,2-3,5,7H2,1H3,(H,17,20). The third-order valence-electron chi connectivity index (χ3n) is 3.89. The summed E-state index contributed by atoms with van der Waals surface area (Å²) in [5.74, 6) is 0. The molecule has 104 valence electrons. The number of aromatic amines is 1. The van der Waals surface area contributed by atoms with E-state index in [4.69, 9.17) is 11.6 Å². The Labute approximate surface area is 121 Å². The quantitative estimate of drug-likeness (QED) is 0.820. The van der Waals surface area contributed by atoms with Crippen LogP contribution in [0.4, 0.5) is 0 Å². The normalized spacial score (nSPS) is 14.1. The molecule has 5 heteroatoms. The van der Waals surface area contributed by atoms with Crippen molar-refractivity contribution < 1.29 is 0 Å². The fourth-order valence-electron chi connectivity index (χ4n) is 2.79. The van der Waals surface area contributed by atoms with Gasteiger partial charge in [0.05, 0.1) is 11.3 Å². The van der Waals surface area contributed by atoms with Crippen LogP contribution < -0.4 is 11.2 Å². The van der Waals surface area contributed by atoms with Gasteiger partial charge in [0.1, 0.15) is 5.15 Å². The van der Waals surface area contributed by atoms with E-state index in [9.17, 15) is 9.59 Å². The van der Waals surface area contributed by atoms with E-state index in [1.165, 1.54) is 10.1 Å². The zero-order chi connectivity index (χ0) is 14.3. The molecule has 0 amide bonds. The van der Waals surface area contributed by atoms with Gasteiger partial charge < -0.3 is 0 Å². The number of halogens is 1. The molecule has 1 aromatic heterocycles. The first-order chi connectivity index (χ1) is 9.59. The zero-order valence-corrected chi connectivity index (χ0v) is 12.0. The maximum absolute atomic E-state index is 12.4. The third kappa shape index (κ3) is 2.00. The second-order valence-electron chi connectivity index (χ2n) is 5.13. The van der Waals surface area contributed by atoms with Crippen molar-refractivity contribution in [1.29, 1.82) is 0 Å². The highest BCUT2D eigenvalue weighted by molar-refractivity contribution is 6.30. The molecule has 3 rings (SSSR count). The molecule has 1 aliphatic rings. The number of H-pyrrole nitrogens is 1. The minimum absolute atomic E-state index is 0.112. The van der Waals surface area contributed by atoms with Crippen LogP contribution in [0.2, 0.25) is 5.15 Å². The number of hydrogen-bond acceptors (Lipinski definition) is 2. The predicted octanol–water partition coefficient (Wildman–Crippen LogP) is 2.37. The number of nitrogens with zero attached hydrogens (tertiary/aromatic N) is 1. The zero-order valence-electron chi connectivity index (χ0n) is 11.2. The Morgan fingerprint density at radius 3 is 2.75 bits per heavy atom. The summed E-state index contributed by atoms with van der Waals surface area (Å²) in [5, 5.41) is 0.112. The lowest BCUT2D eigenvalue weighted by molar-refractivity contribution is 0.677. The molecule has 1 N–H and O–H groups in total. The van der Waals surface area contributed by atoms with Gasteiger partial charge in [-0.15, -0.1) is 0 Å². The average Bonchev–Trinajstić information content (AvgIpc) is 2.45. The van der Waals surface area contributed by atoms with E-state index in [-0.39, 0.29) is 10.7 Å². The maximum atomic E-state index is 12.4. The van der Waals surface area contributed by atoms with Crippen LogP contribution in [0.25, 0.3) is 5.69 Å². The van der Waals surface area contributed by atoms with Crippen molar-refractivity contribution in [3.05, 3.63) is 60.9 Å². The first-order valence-electron chi connectivity index (χ1n) is 6.72. The molecule has 0 aliphatic heterocycles. The summed E-state index contributed by atoms with van der Waals surface area (Å²) in [7, 11) is 0. The molecule has 0 atom stereocenters. The van der Waals surface area contributed by atoms with Crippen LogP contribution in [-0.2, 0) is 12.8 Å². The monoisotopic (exact) mass is 290 g/mol. The maximum Gasteiger partial charge on any atom is 0.334 e. The summed E-state index contributed by atoms with van der Waals surface area (Å²) in [4.78, 5) is 27.0. The molecule has 1 heterocycles. The number of rotatable bonds is 1. The van der Waals surface area contributed by atoms with E-state index in [0.29, 0.717) is 11.3 Å². The minimum Gasteiger partial charge on any atom is -0.297 e. The lowest BCUT2D eigenvalue weighted by Crippen LogP contribution is -2.36. The lowest BCUT2D eigenvalue weighted by Gasteiger charge is -2.19. The van der Waals surface area contributed by atoms with E-state index in [1.807, 2.05) is 12.1 Å². The van der Waals surface area contributed by atoms with Gasteiger partial charge in [-0.05, 0) is 49.8 Å². The van der Waals surface area contributed by atoms with E-state index >= 15 is 0 Å². The van der Waals surface area contributed by atoms with Gasteiger partial charge >= 0.3 is 5.69 Å². The lowest BCUT2D eigenvalue weighted by atomic mass is 9.90. The van der Waals surface area contributed by atoms with Crippen LogP contribution in [0, 0.1) is 6.92 Å². The summed E-state index contributed by atoms with van der Waals surface area (Å²) in [6.07, 6.45) is 4.14. The fourth-order valence-corrected chi connectivity index (χ4v) is 2.95. The molecule has 2 aromatic rings. The second-order valence-corrected chi connectivity index (χ2v) is 5.51. The Morgan fingerprint density at radius 2 is 1.95 bits per heavy atom. The van der Waals surface area contributed by atoms with Gasteiger partial charge in [-0.25, -0.2) is 9.36 Å². The van der Waals surface area contributed by atoms with E-state index in [2.05, 4.69) is 11.1 Å². The molecule has 20 heavy (non-hydrogen) atoms. The predicted molar refractivity (Wildman–Crippen MR) is 79.0 cm³/mol. The summed E-state index contributed by atoms with van der Waals surface area (Å²) in [6.45, 7) is 1.62. The number of aryl methyl sites for hydroxylation is 1. The van der Waals surface area contributed by atoms with Crippen molar-refractivity contribution >= 4 is 11.6 Å².